The van der Waals surface area contributed by atoms with Crippen molar-refractivity contribution in [1.82, 2.24) is 4.98 Å². The van der Waals surface area contributed by atoms with Gasteiger partial charge in [-0.05, 0) is 56.9 Å². The zero-order valence-electron chi connectivity index (χ0n) is 17.5. The maximum atomic E-state index is 11.8. The number of aliphatic hydroxyl groups is 1. The molecule has 2 fully saturated rings. The average Bonchev–Trinajstić information content (AvgIpc) is 3.11. The van der Waals surface area contributed by atoms with Crippen LogP contribution in [0, 0.1) is 5.92 Å². The second-order valence-corrected chi connectivity index (χ2v) is 9.08. The number of carbonyl (C=O) groups is 1. The van der Waals surface area contributed by atoms with Gasteiger partial charge in [0.15, 0.2) is 5.60 Å². The molecule has 0 amide bonds. The number of carboxylic acids is 1. The summed E-state index contributed by atoms with van der Waals surface area (Å²) in [6, 6.07) is 2.60. The summed E-state index contributed by atoms with van der Waals surface area (Å²) in [6.07, 6.45) is 8.14. The van der Waals surface area contributed by atoms with Crippen molar-refractivity contribution in [1.29, 1.82) is 0 Å². The number of hydrogen-bond acceptors (Lipinski definition) is 6. The standard InChI is InChI=1S/C22H34N2O5/c1-15(2)12-19(23)22(27,20(25)26)14-16-13-18(6-10-24-16)29-17-4-8-21(9-5-17)7-3-11-28-21/h6,10,13,15,17,19,27H,3-5,7-9,11-12,14,23H2,1-2H3,(H,25,26)/t17?,19-,21?,22+/m0/s1. The highest BCUT2D eigenvalue weighted by Gasteiger charge is 2.43. The highest BCUT2D eigenvalue weighted by molar-refractivity contribution is 5.78. The Bertz CT molecular complexity index is 694. The van der Waals surface area contributed by atoms with Crippen LogP contribution in [0.4, 0.5) is 0 Å². The van der Waals surface area contributed by atoms with Crippen LogP contribution < -0.4 is 10.5 Å². The third-order valence-corrected chi connectivity index (χ3v) is 6.28. The predicted octanol–water partition coefficient (Wildman–Crippen LogP) is 2.68. The lowest BCUT2D eigenvalue weighted by molar-refractivity contribution is -0.161. The fourth-order valence-corrected chi connectivity index (χ4v) is 4.55. The lowest BCUT2D eigenvalue weighted by atomic mass is 9.81. The van der Waals surface area contributed by atoms with Crippen LogP contribution in [0.1, 0.15) is 64.5 Å². The molecule has 1 aromatic heterocycles. The summed E-state index contributed by atoms with van der Waals surface area (Å²) < 4.78 is 12.1. The molecule has 3 rings (SSSR count). The van der Waals surface area contributed by atoms with Gasteiger partial charge >= 0.3 is 5.97 Å². The van der Waals surface area contributed by atoms with E-state index in [0.29, 0.717) is 17.9 Å². The second-order valence-electron chi connectivity index (χ2n) is 9.08. The van der Waals surface area contributed by atoms with Crippen LogP contribution in [-0.4, -0.2) is 51.1 Å². The van der Waals surface area contributed by atoms with E-state index in [9.17, 15) is 15.0 Å². The molecule has 0 bridgehead atoms. The Hall–Kier alpha value is -1.70. The number of ether oxygens (including phenoxy) is 2. The first-order valence-corrected chi connectivity index (χ1v) is 10.7. The Morgan fingerprint density at radius 2 is 2.14 bits per heavy atom. The van der Waals surface area contributed by atoms with Crippen LogP contribution in [0.2, 0.25) is 0 Å². The van der Waals surface area contributed by atoms with Crippen LogP contribution in [0.25, 0.3) is 0 Å². The molecule has 162 valence electrons. The Morgan fingerprint density at radius 3 is 2.72 bits per heavy atom. The third-order valence-electron chi connectivity index (χ3n) is 6.28. The molecule has 1 aromatic rings. The lowest BCUT2D eigenvalue weighted by Crippen LogP contribution is -2.56. The van der Waals surface area contributed by atoms with Gasteiger partial charge in [0.05, 0.1) is 11.7 Å². The van der Waals surface area contributed by atoms with E-state index in [1.54, 1.807) is 18.3 Å². The van der Waals surface area contributed by atoms with E-state index in [2.05, 4.69) is 4.98 Å². The molecule has 7 heteroatoms. The highest BCUT2D eigenvalue weighted by atomic mass is 16.5. The monoisotopic (exact) mass is 406 g/mol. The van der Waals surface area contributed by atoms with Crippen LogP contribution in [-0.2, 0) is 16.0 Å². The Kier molecular flexibility index (Phi) is 6.81. The van der Waals surface area contributed by atoms with Crippen molar-refractivity contribution in [3.8, 4) is 5.75 Å². The van der Waals surface area contributed by atoms with Crippen LogP contribution in [0.15, 0.2) is 18.3 Å². The van der Waals surface area contributed by atoms with E-state index in [-0.39, 0.29) is 24.0 Å². The first-order chi connectivity index (χ1) is 13.7. The van der Waals surface area contributed by atoms with Crippen molar-refractivity contribution < 1.29 is 24.5 Å². The van der Waals surface area contributed by atoms with Crippen molar-refractivity contribution in [3.63, 3.8) is 0 Å². The van der Waals surface area contributed by atoms with E-state index < -0.39 is 17.6 Å². The van der Waals surface area contributed by atoms with E-state index in [1.807, 2.05) is 13.8 Å². The number of carboxylic acid groups (broad SMARTS) is 1. The van der Waals surface area contributed by atoms with Crippen molar-refractivity contribution in [3.05, 3.63) is 24.0 Å². The van der Waals surface area contributed by atoms with Crippen LogP contribution >= 0.6 is 0 Å². The molecule has 1 saturated heterocycles. The van der Waals surface area contributed by atoms with E-state index >= 15 is 0 Å². The van der Waals surface area contributed by atoms with Gasteiger partial charge in [-0.3, -0.25) is 4.98 Å². The largest absolute Gasteiger partial charge is 0.490 e. The first-order valence-electron chi connectivity index (χ1n) is 10.7. The fourth-order valence-electron chi connectivity index (χ4n) is 4.55. The molecule has 0 radical (unpaired) electrons. The Balaban J connectivity index is 1.63. The van der Waals surface area contributed by atoms with E-state index in [4.69, 9.17) is 15.2 Å². The number of hydrogen-bond donors (Lipinski definition) is 3. The molecule has 29 heavy (non-hydrogen) atoms. The van der Waals surface area contributed by atoms with Gasteiger partial charge in [0.2, 0.25) is 0 Å². The van der Waals surface area contributed by atoms with Gasteiger partial charge in [0.25, 0.3) is 0 Å². The molecule has 2 atom stereocenters. The summed E-state index contributed by atoms with van der Waals surface area (Å²) in [4.78, 5) is 16.0. The van der Waals surface area contributed by atoms with Crippen molar-refractivity contribution in [2.45, 2.75) is 88.6 Å². The van der Waals surface area contributed by atoms with Gasteiger partial charge < -0.3 is 25.4 Å². The summed E-state index contributed by atoms with van der Waals surface area (Å²) in [5.74, 6) is -0.502. The Labute approximate surface area is 172 Å². The minimum absolute atomic E-state index is 0.0633. The minimum Gasteiger partial charge on any atom is -0.490 e. The number of nitrogens with two attached hydrogens (primary N) is 1. The smallest absolute Gasteiger partial charge is 0.337 e. The summed E-state index contributed by atoms with van der Waals surface area (Å²) in [5, 5.41) is 20.4. The molecule has 1 aliphatic carbocycles. The predicted molar refractivity (Wildman–Crippen MR) is 109 cm³/mol. The first kappa shape index (κ1) is 22.0. The molecule has 1 spiro atoms. The van der Waals surface area contributed by atoms with Gasteiger partial charge in [-0.2, -0.15) is 0 Å². The van der Waals surface area contributed by atoms with E-state index in [0.717, 1.165) is 45.1 Å². The van der Waals surface area contributed by atoms with Crippen LogP contribution in [0.3, 0.4) is 0 Å². The third kappa shape index (κ3) is 5.27. The minimum atomic E-state index is -2.06. The summed E-state index contributed by atoms with van der Waals surface area (Å²) in [7, 11) is 0. The van der Waals surface area contributed by atoms with E-state index in [1.165, 1.54) is 0 Å². The summed E-state index contributed by atoms with van der Waals surface area (Å²) >= 11 is 0. The fraction of sp³-hybridized carbons (Fsp3) is 0.727. The van der Waals surface area contributed by atoms with Crippen molar-refractivity contribution >= 4 is 5.97 Å². The second kappa shape index (κ2) is 8.98. The van der Waals surface area contributed by atoms with Gasteiger partial charge in [-0.1, -0.05) is 13.8 Å². The zero-order valence-corrected chi connectivity index (χ0v) is 17.5. The van der Waals surface area contributed by atoms with Crippen molar-refractivity contribution in [2.75, 3.05) is 6.61 Å². The normalized spacial score (nSPS) is 27.7. The zero-order chi connectivity index (χ0) is 21.1. The molecule has 7 nitrogen and oxygen atoms in total. The number of pyridine rings is 1. The van der Waals surface area contributed by atoms with Gasteiger partial charge in [0, 0.05) is 37.0 Å². The quantitative estimate of drug-likeness (QED) is 0.608. The van der Waals surface area contributed by atoms with Crippen LogP contribution in [0.5, 0.6) is 5.75 Å². The lowest BCUT2D eigenvalue weighted by Gasteiger charge is -2.36. The molecule has 2 heterocycles. The molecule has 4 N–H and O–H groups in total. The number of rotatable bonds is 8. The highest BCUT2D eigenvalue weighted by Crippen LogP contribution is 2.40. The molecule has 0 unspecified atom stereocenters. The topological polar surface area (TPSA) is 115 Å². The molecular weight excluding hydrogens is 372 g/mol. The molecular formula is C22H34N2O5. The molecule has 0 aromatic carbocycles. The maximum absolute atomic E-state index is 11.8. The molecule has 1 saturated carbocycles. The SMILES string of the molecule is CC(C)C[C@H](N)[C@](O)(Cc1cc(OC2CCC3(CCCO3)CC2)ccn1)C(=O)O. The summed E-state index contributed by atoms with van der Waals surface area (Å²) in [5.41, 5.74) is 4.50. The number of aromatic nitrogens is 1. The summed E-state index contributed by atoms with van der Waals surface area (Å²) in [6.45, 7) is 4.75. The Morgan fingerprint density at radius 1 is 1.41 bits per heavy atom. The maximum Gasteiger partial charge on any atom is 0.337 e. The molecule has 2 aliphatic rings. The van der Waals surface area contributed by atoms with Gasteiger partial charge in [-0.25, -0.2) is 4.79 Å². The van der Waals surface area contributed by atoms with Gasteiger partial charge in [-0.15, -0.1) is 0 Å². The number of nitrogens with zero attached hydrogens (tertiary/aromatic N) is 1. The van der Waals surface area contributed by atoms with Crippen molar-refractivity contribution in [2.24, 2.45) is 11.7 Å². The number of aliphatic carboxylic acids is 1. The molecule has 1 aliphatic heterocycles. The van der Waals surface area contributed by atoms with Gasteiger partial charge in [0.1, 0.15) is 5.75 Å². The average molecular weight is 407 g/mol.